The van der Waals surface area contributed by atoms with Crippen LogP contribution in [0.4, 0.5) is 5.69 Å². The second-order valence-electron chi connectivity index (χ2n) is 6.65. The van der Waals surface area contributed by atoms with Gasteiger partial charge in [0.1, 0.15) is 5.75 Å². The van der Waals surface area contributed by atoms with Crippen LogP contribution in [-0.2, 0) is 9.53 Å². The molecule has 4 rings (SSSR count). The van der Waals surface area contributed by atoms with Crippen molar-refractivity contribution in [3.63, 3.8) is 0 Å². The minimum atomic E-state index is -1.20. The molecule has 0 aliphatic carbocycles. The smallest absolute Gasteiger partial charge is 0.379 e. The maximum atomic E-state index is 13.0. The van der Waals surface area contributed by atoms with Crippen molar-refractivity contribution < 1.29 is 19.1 Å². The Hall–Kier alpha value is -4.27. The standard InChI is InChI=1S/C22H19N5O4/c1-14-12-13-23-22-25-19(26-27(14)22)21(29)31-18(15-6-4-3-5-7-15)20(28)24-16-8-10-17(30-2)11-9-16/h3-13,18H,1-2H3,(H,24,28). The van der Waals surface area contributed by atoms with Gasteiger partial charge in [-0.3, -0.25) is 4.79 Å². The molecule has 0 saturated heterocycles. The van der Waals surface area contributed by atoms with Gasteiger partial charge in [0.05, 0.1) is 7.11 Å². The fraction of sp³-hybridized carbons (Fsp3) is 0.136. The summed E-state index contributed by atoms with van der Waals surface area (Å²) in [6.45, 7) is 1.81. The summed E-state index contributed by atoms with van der Waals surface area (Å²) in [4.78, 5) is 33.9. The number of esters is 1. The Morgan fingerprint density at radius 1 is 1.03 bits per heavy atom. The molecule has 0 aliphatic rings. The molecule has 1 N–H and O–H groups in total. The molecular formula is C22H19N5O4. The fourth-order valence-corrected chi connectivity index (χ4v) is 2.94. The molecule has 2 aromatic carbocycles. The maximum absolute atomic E-state index is 13.0. The van der Waals surface area contributed by atoms with Crippen LogP contribution in [0.25, 0.3) is 5.78 Å². The Bertz CT molecular complexity index is 1220. The first-order valence-electron chi connectivity index (χ1n) is 9.44. The lowest BCUT2D eigenvalue weighted by Gasteiger charge is -2.17. The van der Waals surface area contributed by atoms with Crippen molar-refractivity contribution in [2.75, 3.05) is 12.4 Å². The summed E-state index contributed by atoms with van der Waals surface area (Å²) < 4.78 is 12.1. The van der Waals surface area contributed by atoms with Crippen LogP contribution in [-0.4, -0.2) is 38.6 Å². The number of fused-ring (bicyclic) bond motifs is 1. The number of benzene rings is 2. The number of nitrogens with zero attached hydrogens (tertiary/aromatic N) is 4. The van der Waals surface area contributed by atoms with Crippen LogP contribution in [0.15, 0.2) is 66.9 Å². The number of carbonyl (C=O) groups is 2. The molecule has 0 fully saturated rings. The van der Waals surface area contributed by atoms with Gasteiger partial charge in [-0.2, -0.15) is 4.98 Å². The van der Waals surface area contributed by atoms with Gasteiger partial charge < -0.3 is 14.8 Å². The third-order valence-electron chi connectivity index (χ3n) is 4.54. The van der Waals surface area contributed by atoms with Gasteiger partial charge in [0, 0.05) is 23.1 Å². The van der Waals surface area contributed by atoms with Gasteiger partial charge in [-0.25, -0.2) is 14.3 Å². The number of aryl methyl sites for hydroxylation is 1. The first kappa shape index (κ1) is 20.0. The number of anilines is 1. The predicted octanol–water partition coefficient (Wildman–Crippen LogP) is 2.98. The van der Waals surface area contributed by atoms with Gasteiger partial charge in [-0.15, -0.1) is 5.10 Å². The first-order chi connectivity index (χ1) is 15.0. The molecule has 1 amide bonds. The van der Waals surface area contributed by atoms with Crippen molar-refractivity contribution in [1.82, 2.24) is 19.6 Å². The second kappa shape index (κ2) is 8.62. The molecule has 2 aromatic heterocycles. The van der Waals surface area contributed by atoms with E-state index in [9.17, 15) is 9.59 Å². The second-order valence-corrected chi connectivity index (χ2v) is 6.65. The van der Waals surface area contributed by atoms with Crippen molar-refractivity contribution in [3.05, 3.63) is 83.9 Å². The molecule has 9 heteroatoms. The third kappa shape index (κ3) is 4.35. The zero-order chi connectivity index (χ0) is 21.8. The van der Waals surface area contributed by atoms with E-state index in [0.29, 0.717) is 17.0 Å². The number of rotatable bonds is 6. The largest absolute Gasteiger partial charge is 0.497 e. The highest BCUT2D eigenvalue weighted by molar-refractivity contribution is 5.97. The lowest BCUT2D eigenvalue weighted by molar-refractivity contribution is -0.125. The highest BCUT2D eigenvalue weighted by atomic mass is 16.5. The van der Waals surface area contributed by atoms with Crippen molar-refractivity contribution in [3.8, 4) is 5.75 Å². The Balaban J connectivity index is 1.59. The molecule has 0 saturated carbocycles. The quantitative estimate of drug-likeness (QED) is 0.481. The molecular weight excluding hydrogens is 398 g/mol. The minimum Gasteiger partial charge on any atom is -0.497 e. The number of amides is 1. The Morgan fingerprint density at radius 3 is 2.45 bits per heavy atom. The van der Waals surface area contributed by atoms with E-state index in [4.69, 9.17) is 9.47 Å². The Morgan fingerprint density at radius 2 is 1.77 bits per heavy atom. The molecule has 0 radical (unpaired) electrons. The Kier molecular flexibility index (Phi) is 5.57. The van der Waals surface area contributed by atoms with Crippen molar-refractivity contribution in [2.45, 2.75) is 13.0 Å². The number of ether oxygens (including phenoxy) is 2. The summed E-state index contributed by atoms with van der Waals surface area (Å²) in [6, 6.07) is 17.3. The molecule has 4 aromatic rings. The van der Waals surface area contributed by atoms with Gasteiger partial charge in [-0.05, 0) is 37.3 Å². The predicted molar refractivity (Wildman–Crippen MR) is 112 cm³/mol. The summed E-state index contributed by atoms with van der Waals surface area (Å²) in [6.07, 6.45) is 0.375. The van der Waals surface area contributed by atoms with E-state index in [0.717, 1.165) is 5.69 Å². The fourth-order valence-electron chi connectivity index (χ4n) is 2.94. The summed E-state index contributed by atoms with van der Waals surface area (Å²) in [5, 5.41) is 6.90. The van der Waals surface area contributed by atoms with Crippen molar-refractivity contribution in [2.24, 2.45) is 0 Å². The lowest BCUT2D eigenvalue weighted by atomic mass is 10.1. The number of carbonyl (C=O) groups excluding carboxylic acids is 2. The molecule has 1 unspecified atom stereocenters. The lowest BCUT2D eigenvalue weighted by Crippen LogP contribution is -2.26. The number of nitrogens with one attached hydrogen (secondary N) is 1. The highest BCUT2D eigenvalue weighted by Crippen LogP contribution is 2.22. The molecule has 1 atom stereocenters. The third-order valence-corrected chi connectivity index (χ3v) is 4.54. The molecule has 9 nitrogen and oxygen atoms in total. The summed E-state index contributed by atoms with van der Waals surface area (Å²) in [5.41, 5.74) is 1.81. The summed E-state index contributed by atoms with van der Waals surface area (Å²) in [5.74, 6) is -0.594. The van der Waals surface area contributed by atoms with E-state index in [1.54, 1.807) is 67.9 Å². The van der Waals surface area contributed by atoms with E-state index in [1.807, 2.05) is 13.0 Å². The van der Waals surface area contributed by atoms with Crippen LogP contribution in [0, 0.1) is 6.92 Å². The van der Waals surface area contributed by atoms with Gasteiger partial charge in [-0.1, -0.05) is 30.3 Å². The normalized spacial score (nSPS) is 11.7. The maximum Gasteiger partial charge on any atom is 0.379 e. The first-order valence-corrected chi connectivity index (χ1v) is 9.44. The van der Waals surface area contributed by atoms with Crippen molar-refractivity contribution >= 4 is 23.3 Å². The van der Waals surface area contributed by atoms with Gasteiger partial charge in [0.2, 0.25) is 6.10 Å². The number of methoxy groups -OCH3 is 1. The summed E-state index contributed by atoms with van der Waals surface area (Å²) in [7, 11) is 1.56. The van der Waals surface area contributed by atoms with E-state index in [1.165, 1.54) is 4.52 Å². The summed E-state index contributed by atoms with van der Waals surface area (Å²) >= 11 is 0. The molecule has 156 valence electrons. The SMILES string of the molecule is COc1ccc(NC(=O)C(OC(=O)c2nc3nccc(C)n3n2)c2ccccc2)cc1. The van der Waals surface area contributed by atoms with Crippen LogP contribution in [0.3, 0.4) is 0 Å². The van der Waals surface area contributed by atoms with E-state index < -0.39 is 18.0 Å². The van der Waals surface area contributed by atoms with E-state index in [-0.39, 0.29) is 11.6 Å². The molecule has 0 aliphatic heterocycles. The number of aromatic nitrogens is 4. The number of hydrogen-bond donors (Lipinski definition) is 1. The van der Waals surface area contributed by atoms with Crippen LogP contribution in [0.5, 0.6) is 5.75 Å². The topological polar surface area (TPSA) is 108 Å². The van der Waals surface area contributed by atoms with Crippen LogP contribution in [0.1, 0.15) is 28.0 Å². The zero-order valence-corrected chi connectivity index (χ0v) is 16.9. The van der Waals surface area contributed by atoms with E-state index in [2.05, 4.69) is 20.4 Å². The average molecular weight is 417 g/mol. The molecule has 0 spiro atoms. The van der Waals surface area contributed by atoms with Crippen LogP contribution >= 0.6 is 0 Å². The molecule has 31 heavy (non-hydrogen) atoms. The van der Waals surface area contributed by atoms with Crippen LogP contribution < -0.4 is 10.1 Å². The molecule has 2 heterocycles. The van der Waals surface area contributed by atoms with Gasteiger partial charge in [0.15, 0.2) is 0 Å². The Labute approximate surface area is 177 Å². The number of hydrogen-bond acceptors (Lipinski definition) is 7. The average Bonchev–Trinajstić information content (AvgIpc) is 3.24. The zero-order valence-electron chi connectivity index (χ0n) is 16.9. The van der Waals surface area contributed by atoms with Gasteiger partial charge in [0.25, 0.3) is 17.5 Å². The van der Waals surface area contributed by atoms with Crippen molar-refractivity contribution in [1.29, 1.82) is 0 Å². The monoisotopic (exact) mass is 417 g/mol. The van der Waals surface area contributed by atoms with Crippen LogP contribution in [0.2, 0.25) is 0 Å². The minimum absolute atomic E-state index is 0.181. The molecule has 0 bridgehead atoms. The highest BCUT2D eigenvalue weighted by Gasteiger charge is 2.28. The van der Waals surface area contributed by atoms with E-state index >= 15 is 0 Å². The van der Waals surface area contributed by atoms with Gasteiger partial charge >= 0.3 is 5.97 Å².